The fraction of sp³-hybridized carbons (Fsp3) is 0.758. The van der Waals surface area contributed by atoms with E-state index in [2.05, 4.69) is 29.7 Å². The van der Waals surface area contributed by atoms with Gasteiger partial charge in [0.25, 0.3) is 0 Å². The normalized spacial score (nSPS) is 41.8. The second-order valence-corrected chi connectivity index (χ2v) is 14.3. The lowest BCUT2D eigenvalue weighted by Gasteiger charge is -2.61. The van der Waals surface area contributed by atoms with E-state index in [1.54, 1.807) is 6.92 Å². The van der Waals surface area contributed by atoms with Crippen molar-refractivity contribution in [1.82, 2.24) is 9.80 Å². The molecule has 1 aromatic rings. The zero-order valence-corrected chi connectivity index (χ0v) is 23.9. The topological polar surface area (TPSA) is 60.9 Å². The second-order valence-electron chi connectivity index (χ2n) is 14.3. The number of ketones is 2. The Morgan fingerprint density at radius 2 is 1.74 bits per heavy atom. The van der Waals surface area contributed by atoms with Gasteiger partial charge in [-0.3, -0.25) is 19.4 Å². The Morgan fingerprint density at radius 3 is 2.50 bits per heavy atom. The third kappa shape index (κ3) is 4.61. The summed E-state index contributed by atoms with van der Waals surface area (Å²) in [4.78, 5) is 29.4. The molecule has 0 spiro atoms. The highest BCUT2D eigenvalue weighted by atomic mass is 16.3. The molecule has 4 saturated carbocycles. The van der Waals surface area contributed by atoms with Gasteiger partial charge >= 0.3 is 0 Å². The van der Waals surface area contributed by atoms with Crippen molar-refractivity contribution in [2.24, 2.45) is 34.5 Å². The Labute approximate surface area is 229 Å². The highest BCUT2D eigenvalue weighted by Crippen LogP contribution is 2.66. The summed E-state index contributed by atoms with van der Waals surface area (Å²) in [6.07, 6.45) is 9.73. The lowest BCUT2D eigenvalue weighted by Crippen LogP contribution is -2.59. The summed E-state index contributed by atoms with van der Waals surface area (Å²) in [6.45, 7) is 12.1. The average molecular weight is 521 g/mol. The molecule has 5 fully saturated rings. The maximum Gasteiger partial charge on any atom is 0.159 e. The van der Waals surface area contributed by atoms with Crippen molar-refractivity contribution in [3.63, 3.8) is 0 Å². The van der Waals surface area contributed by atoms with Gasteiger partial charge in [-0.05, 0) is 99.0 Å². The Hall–Kier alpha value is -1.56. The van der Waals surface area contributed by atoms with Crippen LogP contribution in [0.4, 0.5) is 0 Å². The number of carbonyl (C=O) groups is 2. The van der Waals surface area contributed by atoms with E-state index >= 15 is 0 Å². The summed E-state index contributed by atoms with van der Waals surface area (Å²) in [5.74, 6) is 3.33. The molecule has 38 heavy (non-hydrogen) atoms. The van der Waals surface area contributed by atoms with E-state index in [1.807, 2.05) is 18.2 Å². The molecular formula is C33H48N2O3. The largest absolute Gasteiger partial charge is 0.389 e. The zero-order chi connectivity index (χ0) is 26.7. The summed E-state index contributed by atoms with van der Waals surface area (Å²) < 4.78 is 0. The van der Waals surface area contributed by atoms with Crippen LogP contribution in [-0.4, -0.2) is 64.8 Å². The molecule has 0 amide bonds. The molecule has 5 nitrogen and oxygen atoms in total. The van der Waals surface area contributed by atoms with Crippen LogP contribution >= 0.6 is 0 Å². The Bertz CT molecular complexity index is 1080. The number of carbonyl (C=O) groups excluding carboxylic acids is 2. The molecule has 5 heteroatoms. The van der Waals surface area contributed by atoms with Gasteiger partial charge in [-0.15, -0.1) is 0 Å². The SMILES string of the molecule is CC(=O)c1cccc(CN2CCN(C[C@@]3(O)CC[C@@]4(C)[C@@H](CC[C@@H]5[C@@H]4CC[C@]4(C)C(=O)CC[C@@H]54)C3)CC2)c1. The lowest BCUT2D eigenvalue weighted by molar-refractivity contribution is -0.158. The number of fused-ring (bicyclic) bond motifs is 5. The Kier molecular flexibility index (Phi) is 6.88. The summed E-state index contributed by atoms with van der Waals surface area (Å²) in [5.41, 5.74) is 1.71. The standard InChI is InChI=1S/C33H48N2O3/c1-23(36)25-6-4-5-24(19-25)21-34-15-17-35(18-16-34)22-33(38)14-13-31(2)26(20-33)7-8-27-28-9-10-30(37)32(28,3)12-11-29(27)31/h4-6,19,26-29,38H,7-18,20-22H2,1-3H3/t26-,27-,28-,29-,31-,32-,33+/m0/s1. The summed E-state index contributed by atoms with van der Waals surface area (Å²) in [6, 6.07) is 8.03. The van der Waals surface area contributed by atoms with Gasteiger partial charge in [-0.25, -0.2) is 0 Å². The number of hydrogen-bond acceptors (Lipinski definition) is 5. The molecule has 1 aliphatic heterocycles. The molecule has 1 heterocycles. The number of piperazine rings is 1. The van der Waals surface area contributed by atoms with Gasteiger partial charge in [0.2, 0.25) is 0 Å². The predicted octanol–water partition coefficient (Wildman–Crippen LogP) is 5.35. The van der Waals surface area contributed by atoms with Gasteiger partial charge in [0, 0.05) is 56.7 Å². The average Bonchev–Trinajstić information content (AvgIpc) is 3.20. The molecular weight excluding hydrogens is 472 g/mol. The van der Waals surface area contributed by atoms with E-state index in [-0.39, 0.29) is 11.2 Å². The predicted molar refractivity (Wildman–Crippen MR) is 150 cm³/mol. The van der Waals surface area contributed by atoms with Crippen molar-refractivity contribution in [3.05, 3.63) is 35.4 Å². The third-order valence-electron chi connectivity index (χ3n) is 12.3. The van der Waals surface area contributed by atoms with Crippen LogP contribution in [0.25, 0.3) is 0 Å². The minimum Gasteiger partial charge on any atom is -0.389 e. The van der Waals surface area contributed by atoms with Crippen LogP contribution in [0.5, 0.6) is 0 Å². The quantitative estimate of drug-likeness (QED) is 0.531. The van der Waals surface area contributed by atoms with E-state index in [0.717, 1.165) is 95.2 Å². The Morgan fingerprint density at radius 1 is 0.974 bits per heavy atom. The minimum absolute atomic E-state index is 0.0435. The van der Waals surface area contributed by atoms with E-state index < -0.39 is 5.60 Å². The Balaban J connectivity index is 1.04. The van der Waals surface area contributed by atoms with Crippen LogP contribution in [0.2, 0.25) is 0 Å². The number of benzene rings is 1. The number of Topliss-reactive ketones (excluding diaryl/α,β-unsaturated/α-hetero) is 2. The smallest absolute Gasteiger partial charge is 0.159 e. The molecule has 0 unspecified atom stereocenters. The molecule has 208 valence electrons. The molecule has 5 aliphatic rings. The van der Waals surface area contributed by atoms with Crippen molar-refractivity contribution in [2.45, 2.75) is 90.7 Å². The number of β-amino-alcohol motifs (C(OH)–C–C–N with tert-alkyl or cyclic N) is 1. The van der Waals surface area contributed by atoms with Crippen LogP contribution in [0.1, 0.15) is 94.5 Å². The molecule has 0 radical (unpaired) electrons. The van der Waals surface area contributed by atoms with Crippen LogP contribution in [0.3, 0.4) is 0 Å². The molecule has 7 atom stereocenters. The van der Waals surface area contributed by atoms with Crippen molar-refractivity contribution in [3.8, 4) is 0 Å². The second kappa shape index (κ2) is 9.82. The molecule has 1 saturated heterocycles. The van der Waals surface area contributed by atoms with Crippen molar-refractivity contribution in [1.29, 1.82) is 0 Å². The maximum atomic E-state index is 12.7. The molecule has 1 aromatic carbocycles. The molecule has 1 N–H and O–H groups in total. The monoisotopic (exact) mass is 520 g/mol. The molecule has 0 aromatic heterocycles. The number of rotatable bonds is 5. The van der Waals surface area contributed by atoms with E-state index in [4.69, 9.17) is 0 Å². The molecule has 0 bridgehead atoms. The molecule has 6 rings (SSSR count). The van der Waals surface area contributed by atoms with Gasteiger partial charge in [0.1, 0.15) is 5.78 Å². The molecule has 4 aliphatic carbocycles. The van der Waals surface area contributed by atoms with Gasteiger partial charge in [-0.2, -0.15) is 0 Å². The highest BCUT2D eigenvalue weighted by molar-refractivity contribution is 5.94. The van der Waals surface area contributed by atoms with Crippen LogP contribution in [0.15, 0.2) is 24.3 Å². The first-order valence-corrected chi connectivity index (χ1v) is 15.4. The fourth-order valence-electron chi connectivity index (χ4n) is 9.91. The van der Waals surface area contributed by atoms with E-state index in [1.165, 1.54) is 24.8 Å². The summed E-state index contributed by atoms with van der Waals surface area (Å²) in [7, 11) is 0. The zero-order valence-electron chi connectivity index (χ0n) is 23.9. The minimum atomic E-state index is -0.568. The van der Waals surface area contributed by atoms with Gasteiger partial charge in [0.15, 0.2) is 5.78 Å². The van der Waals surface area contributed by atoms with Crippen LogP contribution < -0.4 is 0 Å². The maximum absolute atomic E-state index is 12.7. The van der Waals surface area contributed by atoms with Crippen molar-refractivity contribution >= 4 is 11.6 Å². The van der Waals surface area contributed by atoms with E-state index in [0.29, 0.717) is 23.0 Å². The van der Waals surface area contributed by atoms with Crippen LogP contribution in [0, 0.1) is 34.5 Å². The van der Waals surface area contributed by atoms with Gasteiger partial charge < -0.3 is 5.11 Å². The summed E-state index contributed by atoms with van der Waals surface area (Å²) >= 11 is 0. The fourth-order valence-corrected chi connectivity index (χ4v) is 9.91. The first-order chi connectivity index (χ1) is 18.1. The first-order valence-electron chi connectivity index (χ1n) is 15.4. The highest BCUT2D eigenvalue weighted by Gasteiger charge is 2.61. The van der Waals surface area contributed by atoms with Gasteiger partial charge in [-0.1, -0.05) is 32.0 Å². The number of nitrogens with zero attached hydrogens (tertiary/aromatic N) is 2. The lowest BCUT2D eigenvalue weighted by atomic mass is 9.44. The van der Waals surface area contributed by atoms with Gasteiger partial charge in [0.05, 0.1) is 5.60 Å². The number of hydrogen-bond donors (Lipinski definition) is 1. The van der Waals surface area contributed by atoms with Crippen molar-refractivity contribution < 1.29 is 14.7 Å². The first kappa shape index (κ1) is 26.7. The van der Waals surface area contributed by atoms with Crippen LogP contribution in [-0.2, 0) is 11.3 Å². The number of aliphatic hydroxyl groups is 1. The van der Waals surface area contributed by atoms with Crippen molar-refractivity contribution in [2.75, 3.05) is 32.7 Å². The van der Waals surface area contributed by atoms with E-state index in [9.17, 15) is 14.7 Å². The third-order valence-corrected chi connectivity index (χ3v) is 12.3. The summed E-state index contributed by atoms with van der Waals surface area (Å²) in [5, 5.41) is 11.9.